The molecule has 1 aliphatic heterocycles. The molecule has 1 saturated heterocycles. The molecule has 0 aromatic rings. The van der Waals surface area contributed by atoms with Gasteiger partial charge in [0, 0.05) is 35.3 Å². The number of alkyl carbamates (subject to hydrolysis) is 1. The molecule has 1 rings (SSSR count). The van der Waals surface area contributed by atoms with Crippen molar-refractivity contribution in [3.05, 3.63) is 0 Å². The molecule has 0 aromatic carbocycles. The Labute approximate surface area is 80.6 Å². The van der Waals surface area contributed by atoms with Gasteiger partial charge in [0.15, 0.2) is 0 Å². The number of piperidine rings is 1. The zero-order valence-electron chi connectivity index (χ0n) is 7.05. The maximum Gasteiger partial charge on any atom is 0.407 e. The van der Waals surface area contributed by atoms with E-state index in [1.165, 1.54) is 7.11 Å². The van der Waals surface area contributed by atoms with Crippen molar-refractivity contribution < 1.29 is 9.53 Å². The molecule has 0 spiro atoms. The highest BCUT2D eigenvalue weighted by Crippen LogP contribution is 2.12. The van der Waals surface area contributed by atoms with E-state index in [2.05, 4.69) is 30.1 Å². The number of rotatable bonds is 1. The SMILES string of the molecule is COC(=O)NC1CCN(Br)CC1. The highest BCUT2D eigenvalue weighted by atomic mass is 79.9. The minimum Gasteiger partial charge on any atom is -0.453 e. The zero-order valence-corrected chi connectivity index (χ0v) is 8.63. The van der Waals surface area contributed by atoms with Crippen LogP contribution in [0.4, 0.5) is 4.79 Å². The first kappa shape index (κ1) is 9.80. The van der Waals surface area contributed by atoms with Gasteiger partial charge in [-0.2, -0.15) is 0 Å². The van der Waals surface area contributed by atoms with Crippen LogP contribution in [0, 0.1) is 0 Å². The van der Waals surface area contributed by atoms with E-state index in [1.807, 2.05) is 0 Å². The molecular weight excluding hydrogens is 224 g/mol. The first-order valence-electron chi connectivity index (χ1n) is 3.97. The lowest BCUT2D eigenvalue weighted by atomic mass is 10.1. The van der Waals surface area contributed by atoms with Crippen LogP contribution in [-0.4, -0.2) is 36.3 Å². The Morgan fingerprint density at radius 1 is 1.58 bits per heavy atom. The van der Waals surface area contributed by atoms with E-state index < -0.39 is 0 Å². The van der Waals surface area contributed by atoms with E-state index >= 15 is 0 Å². The smallest absolute Gasteiger partial charge is 0.407 e. The molecule has 70 valence electrons. The number of nitrogens with one attached hydrogen (secondary N) is 1. The summed E-state index contributed by atoms with van der Waals surface area (Å²) in [5.41, 5.74) is 0. The van der Waals surface area contributed by atoms with E-state index in [0.717, 1.165) is 25.9 Å². The number of carbonyl (C=O) groups is 1. The summed E-state index contributed by atoms with van der Waals surface area (Å²) < 4.78 is 6.58. The fourth-order valence-electron chi connectivity index (χ4n) is 1.22. The van der Waals surface area contributed by atoms with Gasteiger partial charge in [-0.25, -0.2) is 8.72 Å². The van der Waals surface area contributed by atoms with Crippen molar-refractivity contribution in [1.29, 1.82) is 0 Å². The predicted molar refractivity (Wildman–Crippen MR) is 49.1 cm³/mol. The second kappa shape index (κ2) is 4.67. The third-order valence-corrected chi connectivity index (χ3v) is 2.66. The van der Waals surface area contributed by atoms with Gasteiger partial charge in [-0.05, 0) is 12.8 Å². The topological polar surface area (TPSA) is 41.6 Å². The van der Waals surface area contributed by atoms with Gasteiger partial charge in [-0.3, -0.25) is 0 Å². The Hall–Kier alpha value is -0.290. The van der Waals surface area contributed by atoms with E-state index in [-0.39, 0.29) is 12.1 Å². The summed E-state index contributed by atoms with van der Waals surface area (Å²) in [5, 5.41) is 2.78. The van der Waals surface area contributed by atoms with Crippen LogP contribution >= 0.6 is 16.1 Å². The molecule has 0 aromatic heterocycles. The minimum absolute atomic E-state index is 0.270. The number of nitrogens with zero attached hydrogens (tertiary/aromatic N) is 1. The summed E-state index contributed by atoms with van der Waals surface area (Å²) in [6.07, 6.45) is 1.61. The fourth-order valence-corrected chi connectivity index (χ4v) is 1.63. The highest BCUT2D eigenvalue weighted by molar-refractivity contribution is 9.07. The van der Waals surface area contributed by atoms with Crippen molar-refractivity contribution in [3.8, 4) is 0 Å². The van der Waals surface area contributed by atoms with Crippen molar-refractivity contribution in [1.82, 2.24) is 9.24 Å². The summed E-state index contributed by atoms with van der Waals surface area (Å²) in [6, 6.07) is 0.270. The van der Waals surface area contributed by atoms with Gasteiger partial charge < -0.3 is 10.1 Å². The minimum atomic E-state index is -0.331. The molecule has 1 fully saturated rings. The first-order chi connectivity index (χ1) is 5.72. The van der Waals surface area contributed by atoms with Gasteiger partial charge in [0.25, 0.3) is 0 Å². The van der Waals surface area contributed by atoms with Crippen LogP contribution in [-0.2, 0) is 4.74 Å². The van der Waals surface area contributed by atoms with Crippen molar-refractivity contribution >= 4 is 22.2 Å². The van der Waals surface area contributed by atoms with Crippen LogP contribution < -0.4 is 5.32 Å². The molecule has 0 bridgehead atoms. The third-order valence-electron chi connectivity index (χ3n) is 1.95. The molecule has 1 N–H and O–H groups in total. The van der Waals surface area contributed by atoms with E-state index in [9.17, 15) is 4.79 Å². The van der Waals surface area contributed by atoms with Crippen LogP contribution in [0.1, 0.15) is 12.8 Å². The average Bonchev–Trinajstić information content (AvgIpc) is 2.09. The number of ether oxygens (including phenoxy) is 1. The fraction of sp³-hybridized carbons (Fsp3) is 0.857. The second-order valence-electron chi connectivity index (χ2n) is 2.82. The zero-order chi connectivity index (χ0) is 8.97. The van der Waals surface area contributed by atoms with Crippen molar-refractivity contribution in [2.45, 2.75) is 18.9 Å². The molecule has 12 heavy (non-hydrogen) atoms. The van der Waals surface area contributed by atoms with Gasteiger partial charge in [-0.1, -0.05) is 0 Å². The highest BCUT2D eigenvalue weighted by Gasteiger charge is 2.18. The lowest BCUT2D eigenvalue weighted by molar-refractivity contribution is 0.162. The van der Waals surface area contributed by atoms with E-state index in [4.69, 9.17) is 0 Å². The van der Waals surface area contributed by atoms with Crippen LogP contribution in [0.15, 0.2) is 0 Å². The molecule has 0 aliphatic carbocycles. The van der Waals surface area contributed by atoms with Crippen LogP contribution in [0.25, 0.3) is 0 Å². The largest absolute Gasteiger partial charge is 0.453 e. The van der Waals surface area contributed by atoms with Crippen molar-refractivity contribution in [3.63, 3.8) is 0 Å². The molecule has 0 unspecified atom stereocenters. The predicted octanol–water partition coefficient (Wildman–Crippen LogP) is 1.12. The van der Waals surface area contributed by atoms with E-state index in [0.29, 0.717) is 0 Å². The molecule has 4 nitrogen and oxygen atoms in total. The van der Waals surface area contributed by atoms with Crippen LogP contribution in [0.5, 0.6) is 0 Å². The Morgan fingerprint density at radius 2 is 2.17 bits per heavy atom. The Balaban J connectivity index is 2.21. The van der Waals surface area contributed by atoms with Crippen LogP contribution in [0.2, 0.25) is 0 Å². The summed E-state index contributed by atoms with van der Waals surface area (Å²) in [5.74, 6) is 0. The Morgan fingerprint density at radius 3 is 2.67 bits per heavy atom. The monoisotopic (exact) mass is 236 g/mol. The molecular formula is C7H13BrN2O2. The average molecular weight is 237 g/mol. The quantitative estimate of drug-likeness (QED) is 0.695. The van der Waals surface area contributed by atoms with Gasteiger partial charge in [-0.15, -0.1) is 0 Å². The Kier molecular flexibility index (Phi) is 3.81. The van der Waals surface area contributed by atoms with Gasteiger partial charge >= 0.3 is 6.09 Å². The number of methoxy groups -OCH3 is 1. The standard InChI is InChI=1S/C7H13BrN2O2/c1-12-7(11)9-6-2-4-10(8)5-3-6/h6H,2-5H2,1H3,(H,9,11). The molecule has 1 aliphatic rings. The number of hydrogen-bond donors (Lipinski definition) is 1. The number of hydrogen-bond acceptors (Lipinski definition) is 3. The van der Waals surface area contributed by atoms with Gasteiger partial charge in [0.2, 0.25) is 0 Å². The molecule has 0 atom stereocenters. The molecule has 1 amide bonds. The molecule has 0 radical (unpaired) electrons. The van der Waals surface area contributed by atoms with E-state index in [1.54, 1.807) is 0 Å². The Bertz CT molecular complexity index is 157. The number of amides is 1. The van der Waals surface area contributed by atoms with Gasteiger partial charge in [0.1, 0.15) is 0 Å². The number of carbonyl (C=O) groups excluding carboxylic acids is 1. The summed E-state index contributed by atoms with van der Waals surface area (Å²) in [6.45, 7) is 1.93. The summed E-state index contributed by atoms with van der Waals surface area (Å²) >= 11 is 3.39. The molecule has 0 saturated carbocycles. The second-order valence-corrected chi connectivity index (χ2v) is 3.82. The lowest BCUT2D eigenvalue weighted by Gasteiger charge is -2.27. The van der Waals surface area contributed by atoms with Crippen LogP contribution in [0.3, 0.4) is 0 Å². The molecule has 1 heterocycles. The first-order valence-corrected chi connectivity index (χ1v) is 4.68. The summed E-state index contributed by atoms with van der Waals surface area (Å²) in [4.78, 5) is 10.8. The normalized spacial score (nSPS) is 20.5. The molecule has 5 heteroatoms. The lowest BCUT2D eigenvalue weighted by Crippen LogP contribution is -2.41. The maximum atomic E-state index is 10.8. The third kappa shape index (κ3) is 2.98. The summed E-state index contributed by atoms with van der Waals surface area (Å²) in [7, 11) is 1.38. The maximum absolute atomic E-state index is 10.8. The van der Waals surface area contributed by atoms with Crippen molar-refractivity contribution in [2.24, 2.45) is 0 Å². The van der Waals surface area contributed by atoms with Crippen molar-refractivity contribution in [2.75, 3.05) is 20.2 Å². The number of halogens is 1. The van der Waals surface area contributed by atoms with Gasteiger partial charge in [0.05, 0.1) is 7.11 Å².